The Morgan fingerprint density at radius 1 is 1.45 bits per heavy atom. The molecule has 2 aromatic heterocycles. The molecule has 0 unspecified atom stereocenters. The minimum absolute atomic E-state index is 0.348. The van der Waals surface area contributed by atoms with Crippen LogP contribution in [0.5, 0.6) is 0 Å². The maximum absolute atomic E-state index is 11.1. The maximum atomic E-state index is 11.1. The number of rotatable bonds is 3. The molecule has 0 spiro atoms. The molecule has 7 heteroatoms. The summed E-state index contributed by atoms with van der Waals surface area (Å²) >= 11 is 1.53. The van der Waals surface area contributed by atoms with E-state index in [1.807, 2.05) is 26.0 Å². The Hall–Kier alpha value is -2.28. The third-order valence-corrected chi connectivity index (χ3v) is 3.90. The van der Waals surface area contributed by atoms with Gasteiger partial charge in [-0.1, -0.05) is 0 Å². The van der Waals surface area contributed by atoms with E-state index >= 15 is 0 Å². The van der Waals surface area contributed by atoms with Gasteiger partial charge in [-0.3, -0.25) is 4.98 Å². The monoisotopic (exact) mass is 289 g/mol. The van der Waals surface area contributed by atoms with Gasteiger partial charge in [0.1, 0.15) is 5.01 Å². The first-order valence-corrected chi connectivity index (χ1v) is 6.83. The molecule has 0 aliphatic carbocycles. The predicted molar refractivity (Wildman–Crippen MR) is 79.9 cm³/mol. The Balaban J connectivity index is 2.26. The normalized spacial score (nSPS) is 11.2. The van der Waals surface area contributed by atoms with Crippen LogP contribution in [-0.2, 0) is 0 Å². The summed E-state index contributed by atoms with van der Waals surface area (Å²) in [6, 6.07) is 3.49. The zero-order valence-electron chi connectivity index (χ0n) is 11.5. The fourth-order valence-corrected chi connectivity index (χ4v) is 2.59. The van der Waals surface area contributed by atoms with E-state index in [1.165, 1.54) is 11.3 Å². The third kappa shape index (κ3) is 3.18. The van der Waals surface area contributed by atoms with E-state index in [1.54, 1.807) is 19.4 Å². The Labute approximate surface area is 121 Å². The van der Waals surface area contributed by atoms with Crippen molar-refractivity contribution >= 4 is 23.1 Å². The highest BCUT2D eigenvalue weighted by atomic mass is 32.1. The van der Waals surface area contributed by atoms with Crippen molar-refractivity contribution in [3.8, 4) is 10.6 Å². The average molecular weight is 289 g/mol. The van der Waals surface area contributed by atoms with Crippen LogP contribution in [0.4, 0.5) is 4.79 Å². The number of carbonyl (C=O) groups excluding carboxylic acids is 1. The average Bonchev–Trinajstić information content (AvgIpc) is 2.87. The Bertz CT molecular complexity index is 635. The molecule has 2 rings (SSSR count). The Kier molecular flexibility index (Phi) is 4.41. The summed E-state index contributed by atoms with van der Waals surface area (Å²) in [6.07, 6.45) is 3.50. The number of thiazole rings is 1. The second-order valence-electron chi connectivity index (χ2n) is 4.06. The maximum Gasteiger partial charge on any atom is 0.334 e. The highest BCUT2D eigenvalue weighted by Gasteiger charge is 2.12. The van der Waals surface area contributed by atoms with Gasteiger partial charge in [-0.2, -0.15) is 5.10 Å². The van der Waals surface area contributed by atoms with Crippen LogP contribution in [0.2, 0.25) is 0 Å². The third-order valence-electron chi connectivity index (χ3n) is 2.59. The number of carbonyl (C=O) groups is 1. The minimum Gasteiger partial charge on any atom is -0.340 e. The molecule has 2 heterocycles. The lowest BCUT2D eigenvalue weighted by atomic mass is 10.3. The molecule has 0 bridgehead atoms. The van der Waals surface area contributed by atoms with Gasteiger partial charge in [0.25, 0.3) is 0 Å². The molecule has 0 fully saturated rings. The van der Waals surface area contributed by atoms with Crippen LogP contribution in [0.3, 0.4) is 0 Å². The minimum atomic E-state index is -0.348. The zero-order chi connectivity index (χ0) is 14.5. The van der Waals surface area contributed by atoms with Crippen molar-refractivity contribution in [2.75, 3.05) is 7.05 Å². The number of hydrazone groups is 1. The molecular weight excluding hydrogens is 274 g/mol. The summed E-state index contributed by atoms with van der Waals surface area (Å²) in [7, 11) is 1.54. The van der Waals surface area contributed by atoms with Crippen molar-refractivity contribution in [2.24, 2.45) is 5.10 Å². The molecule has 0 aliphatic rings. The highest BCUT2D eigenvalue weighted by Crippen LogP contribution is 2.27. The number of aromatic nitrogens is 2. The molecule has 0 aromatic carbocycles. The van der Waals surface area contributed by atoms with E-state index < -0.39 is 0 Å². The van der Waals surface area contributed by atoms with Crippen molar-refractivity contribution in [3.05, 3.63) is 35.1 Å². The van der Waals surface area contributed by atoms with Crippen LogP contribution in [0, 0.1) is 6.92 Å². The van der Waals surface area contributed by atoms with E-state index in [2.05, 4.69) is 25.8 Å². The number of urea groups is 1. The first-order chi connectivity index (χ1) is 9.61. The molecule has 2 amide bonds. The molecule has 20 heavy (non-hydrogen) atoms. The number of pyridine rings is 1. The van der Waals surface area contributed by atoms with E-state index in [4.69, 9.17) is 0 Å². The van der Waals surface area contributed by atoms with Gasteiger partial charge >= 0.3 is 6.03 Å². The lowest BCUT2D eigenvalue weighted by Gasteiger charge is -2.00. The molecule has 0 saturated heterocycles. The highest BCUT2D eigenvalue weighted by molar-refractivity contribution is 7.17. The first kappa shape index (κ1) is 14.1. The summed E-state index contributed by atoms with van der Waals surface area (Å²) in [6.45, 7) is 3.76. The number of hydrogen-bond acceptors (Lipinski definition) is 5. The van der Waals surface area contributed by atoms with Crippen LogP contribution in [-0.4, -0.2) is 28.8 Å². The van der Waals surface area contributed by atoms with Crippen molar-refractivity contribution < 1.29 is 4.79 Å². The summed E-state index contributed by atoms with van der Waals surface area (Å²) in [5.41, 5.74) is 4.99. The van der Waals surface area contributed by atoms with E-state index in [0.29, 0.717) is 0 Å². The molecular formula is C13H15N5OS. The number of nitrogens with one attached hydrogen (secondary N) is 2. The van der Waals surface area contributed by atoms with Gasteiger partial charge in [-0.05, 0) is 26.0 Å². The van der Waals surface area contributed by atoms with Crippen LogP contribution in [0.15, 0.2) is 29.6 Å². The van der Waals surface area contributed by atoms with Crippen molar-refractivity contribution in [1.29, 1.82) is 0 Å². The Morgan fingerprint density at radius 3 is 2.90 bits per heavy atom. The number of aryl methyl sites for hydroxylation is 1. The standard InChI is InChI=1S/C13H15N5OS/c1-8-11(9(2)17-18-13(19)14-3)20-12(16-8)10-5-4-6-15-7-10/h4-7H,1-3H3,(H2,14,18,19). The number of hydrogen-bond donors (Lipinski definition) is 2. The Morgan fingerprint density at radius 2 is 2.25 bits per heavy atom. The summed E-state index contributed by atoms with van der Waals surface area (Å²) in [5.74, 6) is 0. The summed E-state index contributed by atoms with van der Waals surface area (Å²) in [5, 5.41) is 7.37. The molecule has 6 nitrogen and oxygen atoms in total. The largest absolute Gasteiger partial charge is 0.340 e. The smallest absolute Gasteiger partial charge is 0.334 e. The first-order valence-electron chi connectivity index (χ1n) is 6.02. The van der Waals surface area contributed by atoms with Crippen LogP contribution in [0.25, 0.3) is 10.6 Å². The second kappa shape index (κ2) is 6.25. The van der Waals surface area contributed by atoms with E-state index in [9.17, 15) is 4.79 Å². The molecule has 2 aromatic rings. The van der Waals surface area contributed by atoms with Gasteiger partial charge in [-0.25, -0.2) is 15.2 Å². The van der Waals surface area contributed by atoms with Gasteiger partial charge in [0.05, 0.1) is 16.3 Å². The van der Waals surface area contributed by atoms with Crippen molar-refractivity contribution in [2.45, 2.75) is 13.8 Å². The van der Waals surface area contributed by atoms with Crippen LogP contribution in [0.1, 0.15) is 17.5 Å². The molecule has 2 N–H and O–H groups in total. The van der Waals surface area contributed by atoms with Gasteiger partial charge in [0.2, 0.25) is 0 Å². The van der Waals surface area contributed by atoms with E-state index in [-0.39, 0.29) is 6.03 Å². The lowest BCUT2D eigenvalue weighted by molar-refractivity contribution is 0.243. The summed E-state index contributed by atoms with van der Waals surface area (Å²) in [4.78, 5) is 20.7. The lowest BCUT2D eigenvalue weighted by Crippen LogP contribution is -2.29. The molecule has 0 radical (unpaired) electrons. The SMILES string of the molecule is CNC(=O)NN=C(C)c1sc(-c2cccnc2)nc1C. The molecule has 0 aliphatic heterocycles. The van der Waals surface area contributed by atoms with Gasteiger partial charge in [0, 0.05) is 25.0 Å². The van der Waals surface area contributed by atoms with Crippen molar-refractivity contribution in [3.63, 3.8) is 0 Å². The topological polar surface area (TPSA) is 79.3 Å². The number of amides is 2. The van der Waals surface area contributed by atoms with Crippen LogP contribution < -0.4 is 10.7 Å². The van der Waals surface area contributed by atoms with Gasteiger partial charge < -0.3 is 5.32 Å². The predicted octanol–water partition coefficient (Wildman–Crippen LogP) is 2.17. The fraction of sp³-hybridized carbons (Fsp3) is 0.231. The van der Waals surface area contributed by atoms with Gasteiger partial charge in [0.15, 0.2) is 0 Å². The van der Waals surface area contributed by atoms with Gasteiger partial charge in [-0.15, -0.1) is 11.3 Å². The van der Waals surface area contributed by atoms with E-state index in [0.717, 1.165) is 26.9 Å². The number of nitrogens with zero attached hydrogens (tertiary/aromatic N) is 3. The quantitative estimate of drug-likeness (QED) is 0.671. The molecule has 104 valence electrons. The zero-order valence-corrected chi connectivity index (χ0v) is 12.3. The fourth-order valence-electron chi connectivity index (χ4n) is 1.59. The second-order valence-corrected chi connectivity index (χ2v) is 5.06. The summed E-state index contributed by atoms with van der Waals surface area (Å²) < 4.78 is 0. The molecule has 0 saturated carbocycles. The molecule has 0 atom stereocenters. The van der Waals surface area contributed by atoms with Crippen LogP contribution >= 0.6 is 11.3 Å². The van der Waals surface area contributed by atoms with Crippen molar-refractivity contribution in [1.82, 2.24) is 20.7 Å².